The molecule has 0 aromatic heterocycles. The fraction of sp³-hybridized carbons (Fsp3) is 0.0833. The molecule has 2 amide bonds. The molecule has 0 aliphatic carbocycles. The van der Waals surface area contributed by atoms with Crippen molar-refractivity contribution in [1.82, 2.24) is 0 Å². The maximum Gasteiger partial charge on any atom is 0.298 e. The monoisotopic (exact) mass is 503 g/mol. The predicted octanol–water partition coefficient (Wildman–Crippen LogP) is 6.96. The minimum atomic E-state index is -0.479. The lowest BCUT2D eigenvalue weighted by molar-refractivity contribution is -0.113. The minimum absolute atomic E-state index is 0.114. The Kier molecular flexibility index (Phi) is 6.93. The van der Waals surface area contributed by atoms with Gasteiger partial charge in [0.25, 0.3) is 11.1 Å². The third-order valence-electron chi connectivity index (χ3n) is 4.78. The number of halogens is 3. The van der Waals surface area contributed by atoms with E-state index in [1.54, 1.807) is 54.6 Å². The molecule has 4 rings (SSSR count). The van der Waals surface area contributed by atoms with Crippen LogP contribution in [0.25, 0.3) is 6.08 Å². The van der Waals surface area contributed by atoms with Crippen LogP contribution in [0.3, 0.4) is 0 Å². The fourth-order valence-electron chi connectivity index (χ4n) is 3.17. The van der Waals surface area contributed by atoms with Crippen LogP contribution in [0.1, 0.15) is 11.1 Å². The van der Waals surface area contributed by atoms with Crippen molar-refractivity contribution in [3.05, 3.63) is 92.6 Å². The second-order valence-corrected chi connectivity index (χ2v) is 8.73. The molecule has 168 valence electrons. The van der Waals surface area contributed by atoms with Gasteiger partial charge in [-0.1, -0.05) is 41.4 Å². The lowest BCUT2D eigenvalue weighted by Crippen LogP contribution is -2.27. The summed E-state index contributed by atoms with van der Waals surface area (Å²) in [7, 11) is 1.48. The number of imide groups is 1. The standard InChI is InChI=1S/C24H16Cl2FNO4S/c1-31-20-9-8-14(10-21(20)32-13-17-18(26)6-3-7-19(17)27)11-22-23(29)28(24(30)33-22)16-5-2-4-15(25)12-16/h2-12H,13H2,1H3/b22-11-. The predicted molar refractivity (Wildman–Crippen MR) is 129 cm³/mol. The van der Waals surface area contributed by atoms with Crippen LogP contribution >= 0.6 is 35.0 Å². The van der Waals surface area contributed by atoms with Crippen LogP contribution in [0.15, 0.2) is 65.6 Å². The topological polar surface area (TPSA) is 55.8 Å². The number of carbonyl (C=O) groups excluding carboxylic acids is 2. The molecular weight excluding hydrogens is 488 g/mol. The fourth-order valence-corrected chi connectivity index (χ4v) is 4.42. The van der Waals surface area contributed by atoms with Gasteiger partial charge >= 0.3 is 0 Å². The summed E-state index contributed by atoms with van der Waals surface area (Å²) in [6.45, 7) is -0.114. The van der Waals surface area contributed by atoms with Crippen LogP contribution < -0.4 is 14.4 Å². The Morgan fingerprint density at radius 1 is 1.03 bits per heavy atom. The zero-order chi connectivity index (χ0) is 23.5. The molecule has 0 bridgehead atoms. The van der Waals surface area contributed by atoms with E-state index < -0.39 is 17.0 Å². The van der Waals surface area contributed by atoms with E-state index in [9.17, 15) is 14.0 Å². The third kappa shape index (κ3) is 5.00. The van der Waals surface area contributed by atoms with Crippen molar-refractivity contribution < 1.29 is 23.5 Å². The molecule has 0 atom stereocenters. The lowest BCUT2D eigenvalue weighted by Gasteiger charge is -2.13. The highest BCUT2D eigenvalue weighted by Gasteiger charge is 2.36. The summed E-state index contributed by atoms with van der Waals surface area (Å²) < 4.78 is 25.2. The Morgan fingerprint density at radius 3 is 2.55 bits per heavy atom. The number of rotatable bonds is 6. The van der Waals surface area contributed by atoms with Crippen molar-refractivity contribution in [3.8, 4) is 11.5 Å². The van der Waals surface area contributed by atoms with Gasteiger partial charge in [0, 0.05) is 10.6 Å². The quantitative estimate of drug-likeness (QED) is 0.340. The Morgan fingerprint density at radius 2 is 1.82 bits per heavy atom. The molecule has 1 heterocycles. The Balaban J connectivity index is 1.59. The molecule has 1 saturated heterocycles. The van der Waals surface area contributed by atoms with Gasteiger partial charge in [0.2, 0.25) is 0 Å². The van der Waals surface area contributed by atoms with E-state index in [4.69, 9.17) is 32.7 Å². The largest absolute Gasteiger partial charge is 0.493 e. The number of hydrogen-bond donors (Lipinski definition) is 0. The molecule has 9 heteroatoms. The van der Waals surface area contributed by atoms with Gasteiger partial charge in [0.15, 0.2) is 11.5 Å². The summed E-state index contributed by atoms with van der Waals surface area (Å²) in [4.78, 5) is 26.7. The minimum Gasteiger partial charge on any atom is -0.493 e. The average Bonchev–Trinajstić information content (AvgIpc) is 3.06. The van der Waals surface area contributed by atoms with Crippen LogP contribution in [-0.2, 0) is 11.4 Å². The first-order chi connectivity index (χ1) is 15.9. The van der Waals surface area contributed by atoms with Crippen molar-refractivity contribution in [2.24, 2.45) is 0 Å². The first-order valence-electron chi connectivity index (χ1n) is 9.64. The Hall–Kier alpha value is -3.00. The van der Waals surface area contributed by atoms with Gasteiger partial charge in [-0.3, -0.25) is 9.59 Å². The number of thioether (sulfide) groups is 1. The molecule has 5 nitrogen and oxygen atoms in total. The van der Waals surface area contributed by atoms with Crippen LogP contribution in [0.2, 0.25) is 10.0 Å². The molecule has 1 aliphatic rings. The lowest BCUT2D eigenvalue weighted by atomic mass is 10.1. The van der Waals surface area contributed by atoms with Crippen molar-refractivity contribution in [2.45, 2.75) is 6.61 Å². The number of hydrogen-bond acceptors (Lipinski definition) is 5. The van der Waals surface area contributed by atoms with E-state index in [2.05, 4.69) is 0 Å². The molecule has 0 saturated carbocycles. The van der Waals surface area contributed by atoms with Crippen molar-refractivity contribution in [2.75, 3.05) is 12.0 Å². The van der Waals surface area contributed by atoms with Crippen LogP contribution in [0, 0.1) is 5.82 Å². The van der Waals surface area contributed by atoms with Crippen molar-refractivity contribution in [1.29, 1.82) is 0 Å². The van der Waals surface area contributed by atoms with Gasteiger partial charge < -0.3 is 9.47 Å². The maximum absolute atomic E-state index is 14.1. The van der Waals surface area contributed by atoms with Crippen LogP contribution in [0.5, 0.6) is 11.5 Å². The van der Waals surface area contributed by atoms with Gasteiger partial charge in [-0.25, -0.2) is 9.29 Å². The molecule has 33 heavy (non-hydrogen) atoms. The SMILES string of the molecule is COc1ccc(/C=C2\SC(=O)N(c3cccc(Cl)c3)C2=O)cc1OCc1c(F)cccc1Cl. The molecule has 1 aliphatic heterocycles. The van der Waals surface area contributed by atoms with Gasteiger partial charge in [-0.05, 0) is 65.9 Å². The second kappa shape index (κ2) is 9.87. The molecule has 0 radical (unpaired) electrons. The summed E-state index contributed by atoms with van der Waals surface area (Å²) in [6.07, 6.45) is 1.58. The van der Waals surface area contributed by atoms with Gasteiger partial charge in [-0.15, -0.1) is 0 Å². The number of amides is 2. The van der Waals surface area contributed by atoms with E-state index in [0.29, 0.717) is 27.8 Å². The Labute approximate surface area is 203 Å². The van der Waals surface area contributed by atoms with Gasteiger partial charge in [-0.2, -0.15) is 0 Å². The zero-order valence-corrected chi connectivity index (χ0v) is 19.5. The highest BCUT2D eigenvalue weighted by atomic mass is 35.5. The molecule has 1 fully saturated rings. The summed E-state index contributed by atoms with van der Waals surface area (Å²) in [6, 6.07) is 15.9. The van der Waals surface area contributed by atoms with E-state index in [1.807, 2.05) is 0 Å². The van der Waals surface area contributed by atoms with Crippen LogP contribution in [-0.4, -0.2) is 18.3 Å². The Bertz CT molecular complexity index is 1260. The second-order valence-electron chi connectivity index (χ2n) is 6.90. The highest BCUT2D eigenvalue weighted by Crippen LogP contribution is 2.38. The summed E-state index contributed by atoms with van der Waals surface area (Å²) in [5.41, 5.74) is 1.21. The first-order valence-corrected chi connectivity index (χ1v) is 11.2. The molecular formula is C24H16Cl2FNO4S. The average molecular weight is 504 g/mol. The molecule has 3 aromatic rings. The van der Waals surface area contributed by atoms with Crippen LogP contribution in [0.4, 0.5) is 14.9 Å². The van der Waals surface area contributed by atoms with E-state index in [0.717, 1.165) is 16.7 Å². The van der Waals surface area contributed by atoms with E-state index in [1.165, 1.54) is 19.2 Å². The molecule has 3 aromatic carbocycles. The van der Waals surface area contributed by atoms with Crippen molar-refractivity contribution >= 4 is 57.9 Å². The summed E-state index contributed by atoms with van der Waals surface area (Å²) in [5, 5.41) is 0.245. The number of nitrogens with zero attached hydrogens (tertiary/aromatic N) is 1. The van der Waals surface area contributed by atoms with Crippen molar-refractivity contribution in [3.63, 3.8) is 0 Å². The number of methoxy groups -OCH3 is 1. The zero-order valence-electron chi connectivity index (χ0n) is 17.2. The normalized spacial score (nSPS) is 14.8. The summed E-state index contributed by atoms with van der Waals surface area (Å²) in [5.74, 6) is -0.178. The molecule has 0 N–H and O–H groups in total. The number of carbonyl (C=O) groups is 2. The number of benzene rings is 3. The number of anilines is 1. The maximum atomic E-state index is 14.1. The van der Waals surface area contributed by atoms with E-state index in [-0.39, 0.29) is 22.1 Å². The first kappa shape index (κ1) is 23.2. The third-order valence-corrected chi connectivity index (χ3v) is 6.24. The van der Waals surface area contributed by atoms with E-state index >= 15 is 0 Å². The summed E-state index contributed by atoms with van der Waals surface area (Å²) >= 11 is 12.9. The molecule has 0 unspecified atom stereocenters. The highest BCUT2D eigenvalue weighted by molar-refractivity contribution is 8.19. The van der Waals surface area contributed by atoms with Gasteiger partial charge in [0.05, 0.1) is 22.7 Å². The smallest absolute Gasteiger partial charge is 0.298 e. The number of ether oxygens (including phenoxy) is 2. The molecule has 0 spiro atoms. The van der Waals surface area contributed by atoms with Gasteiger partial charge in [0.1, 0.15) is 12.4 Å².